The molecule has 1 atom stereocenters. The predicted octanol–water partition coefficient (Wildman–Crippen LogP) is 3.88. The van der Waals surface area contributed by atoms with Crippen molar-refractivity contribution >= 4 is 45.1 Å². The number of aromatic amines is 1. The van der Waals surface area contributed by atoms with E-state index in [4.69, 9.17) is 16.3 Å². The van der Waals surface area contributed by atoms with Crippen molar-refractivity contribution in [3.05, 3.63) is 54.1 Å². The van der Waals surface area contributed by atoms with Crippen molar-refractivity contribution in [1.82, 2.24) is 30.0 Å². The van der Waals surface area contributed by atoms with Gasteiger partial charge in [0.1, 0.15) is 17.7 Å². The van der Waals surface area contributed by atoms with Gasteiger partial charge >= 0.3 is 0 Å². The summed E-state index contributed by atoms with van der Waals surface area (Å²) in [6.45, 7) is 9.40. The van der Waals surface area contributed by atoms with Crippen LogP contribution < -0.4 is 9.64 Å². The lowest BCUT2D eigenvalue weighted by Gasteiger charge is -2.40. The van der Waals surface area contributed by atoms with E-state index in [9.17, 15) is 4.79 Å². The number of H-pyrrole nitrogens is 1. The zero-order valence-corrected chi connectivity index (χ0v) is 19.0. The number of fused-ring (bicyclic) bond motifs is 2. The summed E-state index contributed by atoms with van der Waals surface area (Å²) in [6, 6.07) is 3.81. The Labute approximate surface area is 195 Å². The van der Waals surface area contributed by atoms with Crippen molar-refractivity contribution in [2.75, 3.05) is 24.5 Å². The van der Waals surface area contributed by atoms with E-state index in [-0.39, 0.29) is 11.9 Å². The number of amides is 1. The van der Waals surface area contributed by atoms with Gasteiger partial charge in [0.15, 0.2) is 5.75 Å². The Hall–Kier alpha value is -3.72. The number of piperazine rings is 1. The van der Waals surface area contributed by atoms with Gasteiger partial charge in [0.05, 0.1) is 22.1 Å². The Kier molecular flexibility index (Phi) is 5.33. The molecule has 0 saturated carbocycles. The van der Waals surface area contributed by atoms with Crippen LogP contribution in [-0.2, 0) is 4.79 Å². The minimum atomic E-state index is -0.0600. The van der Waals surface area contributed by atoms with Gasteiger partial charge in [-0.1, -0.05) is 18.2 Å². The molecule has 4 heterocycles. The van der Waals surface area contributed by atoms with Gasteiger partial charge < -0.3 is 14.5 Å². The molecule has 0 unspecified atom stereocenters. The molecule has 5 rings (SSSR count). The van der Waals surface area contributed by atoms with Gasteiger partial charge in [0, 0.05) is 37.3 Å². The van der Waals surface area contributed by atoms with Gasteiger partial charge in [-0.2, -0.15) is 5.10 Å². The third-order valence-electron chi connectivity index (χ3n) is 5.90. The van der Waals surface area contributed by atoms with Crippen molar-refractivity contribution < 1.29 is 9.53 Å². The molecule has 33 heavy (non-hydrogen) atoms. The third-order valence-corrected chi connectivity index (χ3v) is 6.37. The van der Waals surface area contributed by atoms with Crippen LogP contribution in [0.1, 0.15) is 12.5 Å². The van der Waals surface area contributed by atoms with Gasteiger partial charge in [-0.15, -0.1) is 0 Å². The quantitative estimate of drug-likeness (QED) is 0.458. The molecule has 1 amide bonds. The van der Waals surface area contributed by atoms with E-state index in [0.717, 1.165) is 27.7 Å². The summed E-state index contributed by atoms with van der Waals surface area (Å²) < 4.78 is 6.23. The van der Waals surface area contributed by atoms with E-state index in [2.05, 4.69) is 36.6 Å². The summed E-state index contributed by atoms with van der Waals surface area (Å²) in [5, 5.41) is 9.12. The first-order valence-electron chi connectivity index (χ1n) is 10.6. The number of aryl methyl sites for hydroxylation is 1. The number of rotatable bonds is 4. The van der Waals surface area contributed by atoms with Crippen molar-refractivity contribution in [2.24, 2.45) is 0 Å². The van der Waals surface area contributed by atoms with Crippen LogP contribution in [0.15, 0.2) is 43.5 Å². The number of hydrogen-bond donors (Lipinski definition) is 1. The van der Waals surface area contributed by atoms with Gasteiger partial charge in [0.2, 0.25) is 11.8 Å². The molecule has 0 spiro atoms. The van der Waals surface area contributed by atoms with Crippen molar-refractivity contribution in [3.63, 3.8) is 0 Å². The van der Waals surface area contributed by atoms with E-state index in [1.165, 1.54) is 12.4 Å². The number of anilines is 1. The molecule has 3 aromatic heterocycles. The number of ether oxygens (including phenoxy) is 1. The van der Waals surface area contributed by atoms with E-state index in [1.54, 1.807) is 12.4 Å². The number of aromatic nitrogens is 5. The lowest BCUT2D eigenvalue weighted by Crippen LogP contribution is -2.54. The molecule has 1 N–H and O–H groups in total. The largest absolute Gasteiger partial charge is 0.435 e. The summed E-state index contributed by atoms with van der Waals surface area (Å²) in [5.41, 5.74) is 2.26. The van der Waals surface area contributed by atoms with Gasteiger partial charge in [-0.05, 0) is 37.6 Å². The Morgan fingerprint density at radius 3 is 2.94 bits per heavy atom. The summed E-state index contributed by atoms with van der Waals surface area (Å²) in [4.78, 5) is 29.5. The maximum Gasteiger partial charge on any atom is 0.246 e. The predicted molar refractivity (Wildman–Crippen MR) is 127 cm³/mol. The SMILES string of the molecule is C=CC(=O)N1CCN(c2ncnc3c(Oc4c(Cl)c(C)cc5[nH]ncc45)nccc23)C[C@@H]1C. The van der Waals surface area contributed by atoms with Crippen LogP contribution in [-0.4, -0.2) is 61.6 Å². The van der Waals surface area contributed by atoms with Crippen LogP contribution in [0.3, 0.4) is 0 Å². The molecular weight excluding hydrogens is 442 g/mol. The number of nitrogens with one attached hydrogen (secondary N) is 1. The fourth-order valence-corrected chi connectivity index (χ4v) is 4.43. The number of hydrogen-bond acceptors (Lipinski definition) is 7. The Morgan fingerprint density at radius 1 is 1.30 bits per heavy atom. The topological polar surface area (TPSA) is 100 Å². The summed E-state index contributed by atoms with van der Waals surface area (Å²) in [6.07, 6.45) is 6.20. The number of halogens is 1. The van der Waals surface area contributed by atoms with Crippen LogP contribution >= 0.6 is 11.6 Å². The smallest absolute Gasteiger partial charge is 0.246 e. The lowest BCUT2D eigenvalue weighted by molar-refractivity contribution is -0.128. The molecule has 4 aromatic rings. The molecule has 0 aliphatic carbocycles. The lowest BCUT2D eigenvalue weighted by atomic mass is 10.1. The van der Waals surface area contributed by atoms with E-state index >= 15 is 0 Å². The Bertz CT molecular complexity index is 1390. The molecule has 10 heteroatoms. The van der Waals surface area contributed by atoms with Crippen LogP contribution in [0.2, 0.25) is 5.02 Å². The Balaban J connectivity index is 1.53. The molecule has 1 aliphatic heterocycles. The van der Waals surface area contributed by atoms with Gasteiger partial charge in [0.25, 0.3) is 0 Å². The third kappa shape index (κ3) is 3.64. The average Bonchev–Trinajstić information content (AvgIpc) is 3.29. The minimum absolute atomic E-state index is 0.0206. The monoisotopic (exact) mass is 463 g/mol. The molecule has 0 radical (unpaired) electrons. The fourth-order valence-electron chi connectivity index (χ4n) is 4.23. The van der Waals surface area contributed by atoms with Crippen LogP contribution in [0.5, 0.6) is 11.6 Å². The zero-order chi connectivity index (χ0) is 23.1. The van der Waals surface area contributed by atoms with Gasteiger partial charge in [-0.25, -0.2) is 15.0 Å². The first kappa shape index (κ1) is 21.1. The van der Waals surface area contributed by atoms with E-state index in [1.807, 2.05) is 30.9 Å². The maximum atomic E-state index is 12.1. The highest BCUT2D eigenvalue weighted by Gasteiger charge is 2.28. The zero-order valence-electron chi connectivity index (χ0n) is 18.2. The van der Waals surface area contributed by atoms with E-state index in [0.29, 0.717) is 41.8 Å². The molecule has 1 saturated heterocycles. The van der Waals surface area contributed by atoms with Crippen LogP contribution in [0, 0.1) is 6.92 Å². The number of benzene rings is 1. The standard InChI is InChI=1S/C23H22ClN7O2/c1-4-18(32)31-8-7-30(11-14(31)3)22-15-5-6-25-23(20(15)26-12-27-22)33-21-16-10-28-29-17(16)9-13(2)19(21)24/h4-6,9-10,12,14H,1,7-8,11H2,2-3H3,(H,28,29)/t14-/m0/s1. The molecule has 1 fully saturated rings. The number of carbonyl (C=O) groups is 1. The number of nitrogens with zero attached hydrogens (tertiary/aromatic N) is 6. The van der Waals surface area contributed by atoms with Crippen LogP contribution in [0.25, 0.3) is 21.8 Å². The first-order chi connectivity index (χ1) is 16.0. The van der Waals surface area contributed by atoms with Crippen molar-refractivity contribution in [3.8, 4) is 11.6 Å². The molecule has 1 aromatic carbocycles. The molecule has 0 bridgehead atoms. The molecule has 1 aliphatic rings. The second-order valence-corrected chi connectivity index (χ2v) is 8.39. The van der Waals surface area contributed by atoms with E-state index < -0.39 is 0 Å². The second-order valence-electron chi connectivity index (χ2n) is 8.01. The Morgan fingerprint density at radius 2 is 2.15 bits per heavy atom. The molecular formula is C23H22ClN7O2. The second kappa shape index (κ2) is 8.32. The average molecular weight is 464 g/mol. The molecule has 9 nitrogen and oxygen atoms in total. The summed E-state index contributed by atoms with van der Waals surface area (Å²) in [7, 11) is 0. The summed E-state index contributed by atoms with van der Waals surface area (Å²) in [5.74, 6) is 1.52. The van der Waals surface area contributed by atoms with Gasteiger partial charge in [-0.3, -0.25) is 9.89 Å². The fraction of sp³-hybridized carbons (Fsp3) is 0.261. The normalized spacial score (nSPS) is 16.4. The van der Waals surface area contributed by atoms with Crippen molar-refractivity contribution in [1.29, 1.82) is 0 Å². The number of pyridine rings is 1. The minimum Gasteiger partial charge on any atom is -0.435 e. The van der Waals surface area contributed by atoms with Crippen molar-refractivity contribution in [2.45, 2.75) is 19.9 Å². The summed E-state index contributed by atoms with van der Waals surface area (Å²) >= 11 is 6.58. The highest BCUT2D eigenvalue weighted by molar-refractivity contribution is 6.34. The maximum absolute atomic E-state index is 12.1. The number of carbonyl (C=O) groups excluding carboxylic acids is 1. The highest BCUT2D eigenvalue weighted by atomic mass is 35.5. The first-order valence-corrected chi connectivity index (χ1v) is 10.9. The highest BCUT2D eigenvalue weighted by Crippen LogP contribution is 2.40. The van der Waals surface area contributed by atoms with Crippen LogP contribution in [0.4, 0.5) is 5.82 Å². The molecule has 168 valence electrons.